The summed E-state index contributed by atoms with van der Waals surface area (Å²) in [5, 5.41) is 7.51. The van der Waals surface area contributed by atoms with Crippen molar-refractivity contribution in [1.29, 1.82) is 0 Å². The summed E-state index contributed by atoms with van der Waals surface area (Å²) in [6, 6.07) is 5.26. The minimum Gasteiger partial charge on any atom is -0.481 e. The number of rotatable bonds is 8. The van der Waals surface area contributed by atoms with Crippen LogP contribution in [0.2, 0.25) is 0 Å². The first kappa shape index (κ1) is 21.5. The molecule has 0 bridgehead atoms. The third-order valence-corrected chi connectivity index (χ3v) is 5.67. The van der Waals surface area contributed by atoms with Crippen molar-refractivity contribution in [2.45, 2.75) is 24.8 Å². The molecule has 0 aliphatic heterocycles. The van der Waals surface area contributed by atoms with Crippen LogP contribution in [0.1, 0.15) is 18.2 Å². The van der Waals surface area contributed by atoms with Crippen LogP contribution in [-0.4, -0.2) is 30.3 Å². The lowest BCUT2D eigenvalue weighted by Crippen LogP contribution is -2.14. The van der Waals surface area contributed by atoms with Gasteiger partial charge in [0.05, 0.1) is 24.1 Å². The predicted octanol–water partition coefficient (Wildman–Crippen LogP) is 3.08. The van der Waals surface area contributed by atoms with Crippen molar-refractivity contribution in [1.82, 2.24) is 14.8 Å². The maximum Gasteiger partial charge on any atom is 0.263 e. The van der Waals surface area contributed by atoms with E-state index in [-0.39, 0.29) is 10.6 Å². The molecule has 0 atom stereocenters. The van der Waals surface area contributed by atoms with Crippen molar-refractivity contribution in [3.63, 3.8) is 0 Å². The van der Waals surface area contributed by atoms with Gasteiger partial charge in [0.2, 0.25) is 5.88 Å². The van der Waals surface area contributed by atoms with Crippen LogP contribution in [0, 0.1) is 11.6 Å². The normalized spacial score (nSPS) is 11.4. The number of anilines is 2. The van der Waals surface area contributed by atoms with E-state index < -0.39 is 21.7 Å². The van der Waals surface area contributed by atoms with Crippen LogP contribution in [0.4, 0.5) is 20.3 Å². The number of sulfonamides is 1. The lowest BCUT2D eigenvalue weighted by molar-refractivity contribution is 0.369. The predicted molar refractivity (Wildman–Crippen MR) is 108 cm³/mol. The molecule has 160 valence electrons. The number of hydrogen-bond acceptors (Lipinski definition) is 6. The summed E-state index contributed by atoms with van der Waals surface area (Å²) in [6.07, 6.45) is 1.88. The Morgan fingerprint density at radius 1 is 1.17 bits per heavy atom. The molecule has 0 fully saturated rings. The van der Waals surface area contributed by atoms with E-state index in [1.807, 2.05) is 6.92 Å². The fourth-order valence-electron chi connectivity index (χ4n) is 2.97. The fourth-order valence-corrected chi connectivity index (χ4v) is 3.96. The second-order valence-corrected chi connectivity index (χ2v) is 8.09. The molecule has 3 rings (SSSR count). The average molecular weight is 437 g/mol. The third-order valence-electron chi connectivity index (χ3n) is 4.31. The van der Waals surface area contributed by atoms with Crippen LogP contribution in [-0.2, 0) is 30.0 Å². The van der Waals surface area contributed by atoms with E-state index in [1.165, 1.54) is 12.1 Å². The molecule has 8 nitrogen and oxygen atoms in total. The SMILES string of the molecule is CCc1nn(C)c(OC)c1CNc1ccc(S(=O)(=O)Nc2cc(F)cc(F)c2)cn1. The van der Waals surface area contributed by atoms with Gasteiger partial charge in [0.1, 0.15) is 22.3 Å². The van der Waals surface area contributed by atoms with Crippen LogP contribution in [0.25, 0.3) is 0 Å². The van der Waals surface area contributed by atoms with Crippen molar-refractivity contribution in [3.8, 4) is 5.88 Å². The molecule has 11 heteroatoms. The largest absolute Gasteiger partial charge is 0.481 e. The van der Waals surface area contributed by atoms with Crippen LogP contribution in [0.15, 0.2) is 41.4 Å². The summed E-state index contributed by atoms with van der Waals surface area (Å²) in [6.45, 7) is 2.38. The number of aryl methyl sites for hydroxylation is 2. The molecule has 0 amide bonds. The van der Waals surface area contributed by atoms with Gasteiger partial charge in [-0.2, -0.15) is 5.10 Å². The van der Waals surface area contributed by atoms with Crippen LogP contribution < -0.4 is 14.8 Å². The minimum atomic E-state index is -4.06. The molecule has 2 N–H and O–H groups in total. The molecular formula is C19H21F2N5O3S. The van der Waals surface area contributed by atoms with Gasteiger partial charge in [0, 0.05) is 25.9 Å². The van der Waals surface area contributed by atoms with Gasteiger partial charge in [-0.1, -0.05) is 6.92 Å². The average Bonchev–Trinajstić information content (AvgIpc) is 3.00. The number of pyridine rings is 1. The number of aromatic nitrogens is 3. The number of ether oxygens (including phenoxy) is 1. The van der Waals surface area contributed by atoms with Gasteiger partial charge in [-0.3, -0.25) is 4.72 Å². The number of methoxy groups -OCH3 is 1. The molecule has 0 saturated heterocycles. The molecule has 3 aromatic rings. The quantitative estimate of drug-likeness (QED) is 0.562. The maximum atomic E-state index is 13.3. The van der Waals surface area contributed by atoms with Gasteiger partial charge < -0.3 is 10.1 Å². The second kappa shape index (κ2) is 8.66. The van der Waals surface area contributed by atoms with E-state index in [2.05, 4.69) is 20.1 Å². The summed E-state index contributed by atoms with van der Waals surface area (Å²) >= 11 is 0. The van der Waals surface area contributed by atoms with Crippen molar-refractivity contribution in [2.24, 2.45) is 7.05 Å². The summed E-state index contributed by atoms with van der Waals surface area (Å²) in [7, 11) is -0.702. The van der Waals surface area contributed by atoms with Crippen molar-refractivity contribution in [2.75, 3.05) is 17.1 Å². The maximum absolute atomic E-state index is 13.3. The standard InChI is InChI=1S/C19H21F2N5O3S/c1-4-17-16(19(29-3)26(2)24-17)11-23-18-6-5-15(10-22-18)30(27,28)25-14-8-12(20)7-13(21)9-14/h5-10,25H,4,11H2,1-3H3,(H,22,23). The fraction of sp³-hybridized carbons (Fsp3) is 0.263. The lowest BCUT2D eigenvalue weighted by atomic mass is 10.2. The zero-order chi connectivity index (χ0) is 21.9. The molecule has 0 saturated carbocycles. The van der Waals surface area contributed by atoms with E-state index in [4.69, 9.17) is 4.74 Å². The van der Waals surface area contributed by atoms with Gasteiger partial charge in [0.15, 0.2) is 0 Å². The molecule has 1 aromatic carbocycles. The van der Waals surface area contributed by atoms with E-state index in [0.29, 0.717) is 24.3 Å². The van der Waals surface area contributed by atoms with Gasteiger partial charge in [-0.25, -0.2) is 26.9 Å². The number of nitrogens with one attached hydrogen (secondary N) is 2. The van der Waals surface area contributed by atoms with Gasteiger partial charge in [0.25, 0.3) is 10.0 Å². The number of benzene rings is 1. The highest BCUT2D eigenvalue weighted by Crippen LogP contribution is 2.23. The van der Waals surface area contributed by atoms with E-state index in [1.54, 1.807) is 18.8 Å². The summed E-state index contributed by atoms with van der Waals surface area (Å²) < 4.78 is 60.6. The van der Waals surface area contributed by atoms with Crippen LogP contribution in [0.3, 0.4) is 0 Å². The molecule has 0 aliphatic rings. The monoisotopic (exact) mass is 437 g/mol. The van der Waals surface area contributed by atoms with Crippen molar-refractivity contribution in [3.05, 3.63) is 59.4 Å². The third kappa shape index (κ3) is 4.67. The van der Waals surface area contributed by atoms with Crippen LogP contribution >= 0.6 is 0 Å². The Balaban J connectivity index is 1.73. The highest BCUT2D eigenvalue weighted by atomic mass is 32.2. The van der Waals surface area contributed by atoms with Crippen molar-refractivity contribution < 1.29 is 21.9 Å². The minimum absolute atomic E-state index is 0.147. The Morgan fingerprint density at radius 3 is 2.43 bits per heavy atom. The van der Waals surface area contributed by atoms with Gasteiger partial charge in [-0.05, 0) is 30.7 Å². The van der Waals surface area contributed by atoms with Gasteiger partial charge >= 0.3 is 0 Å². The molecular weight excluding hydrogens is 416 g/mol. The Kier molecular flexibility index (Phi) is 6.20. The Hall–Kier alpha value is -3.21. The first-order valence-corrected chi connectivity index (χ1v) is 10.5. The summed E-state index contributed by atoms with van der Waals surface area (Å²) in [5.74, 6) is -0.700. The zero-order valence-electron chi connectivity index (χ0n) is 16.6. The first-order valence-electron chi connectivity index (χ1n) is 9.01. The Labute approximate surface area is 173 Å². The topological polar surface area (TPSA) is 98.1 Å². The van der Waals surface area contributed by atoms with Crippen molar-refractivity contribution >= 4 is 21.5 Å². The number of halogens is 2. The molecule has 30 heavy (non-hydrogen) atoms. The molecule has 2 aromatic heterocycles. The smallest absolute Gasteiger partial charge is 0.263 e. The Morgan fingerprint density at radius 2 is 1.87 bits per heavy atom. The molecule has 2 heterocycles. The van der Waals surface area contributed by atoms with E-state index in [9.17, 15) is 17.2 Å². The molecule has 0 radical (unpaired) electrons. The molecule has 0 aliphatic carbocycles. The highest BCUT2D eigenvalue weighted by molar-refractivity contribution is 7.92. The number of nitrogens with zero attached hydrogens (tertiary/aromatic N) is 3. The molecule has 0 spiro atoms. The lowest BCUT2D eigenvalue weighted by Gasteiger charge is -2.10. The zero-order valence-corrected chi connectivity index (χ0v) is 17.4. The van der Waals surface area contributed by atoms with Crippen LogP contribution in [0.5, 0.6) is 5.88 Å². The number of hydrogen-bond donors (Lipinski definition) is 2. The van der Waals surface area contributed by atoms with Gasteiger partial charge in [-0.15, -0.1) is 0 Å². The molecule has 0 unspecified atom stereocenters. The summed E-state index contributed by atoms with van der Waals surface area (Å²) in [4.78, 5) is 3.96. The Bertz CT molecular complexity index is 1130. The van der Waals surface area contributed by atoms with E-state index in [0.717, 1.165) is 36.0 Å². The summed E-state index contributed by atoms with van der Waals surface area (Å²) in [5.41, 5.74) is 1.55. The van der Waals surface area contributed by atoms with E-state index >= 15 is 0 Å². The highest BCUT2D eigenvalue weighted by Gasteiger charge is 2.17. The second-order valence-electron chi connectivity index (χ2n) is 6.41. The first-order chi connectivity index (χ1) is 14.2.